The fourth-order valence-corrected chi connectivity index (χ4v) is 5.86. The normalized spacial score (nSPS) is 29.6. The van der Waals surface area contributed by atoms with E-state index in [-0.39, 0.29) is 28.7 Å². The zero-order valence-electron chi connectivity index (χ0n) is 16.7. The second kappa shape index (κ2) is 8.48. The summed E-state index contributed by atoms with van der Waals surface area (Å²) in [5, 5.41) is 12.6. The lowest BCUT2D eigenvalue weighted by Gasteiger charge is -2.61. The molecule has 4 aliphatic heterocycles. The predicted octanol–water partition coefficient (Wildman–Crippen LogP) is 3.98. The number of fused-ring (bicyclic) bond motifs is 3. The maximum atomic E-state index is 12.6. The lowest BCUT2D eigenvalue weighted by Crippen LogP contribution is -2.63. The van der Waals surface area contributed by atoms with E-state index in [0.29, 0.717) is 19.1 Å². The fourth-order valence-electron chi connectivity index (χ4n) is 5.86. The van der Waals surface area contributed by atoms with Gasteiger partial charge in [-0.3, -0.25) is 0 Å². The summed E-state index contributed by atoms with van der Waals surface area (Å²) in [5.74, 6) is 0.323. The molecule has 4 heterocycles. The third-order valence-electron chi connectivity index (χ3n) is 7.28. The maximum absolute atomic E-state index is 12.6. The van der Waals surface area contributed by atoms with Crippen LogP contribution in [0.3, 0.4) is 0 Å². The number of hydrogen-bond acceptors (Lipinski definition) is 4. The van der Waals surface area contributed by atoms with Gasteiger partial charge in [0.25, 0.3) is 0 Å². The van der Waals surface area contributed by atoms with Gasteiger partial charge in [-0.05, 0) is 43.0 Å². The van der Waals surface area contributed by atoms with Gasteiger partial charge in [-0.25, -0.2) is 0 Å². The molecule has 0 spiro atoms. The van der Waals surface area contributed by atoms with E-state index in [0.717, 1.165) is 50.0 Å². The van der Waals surface area contributed by atoms with Crippen LogP contribution in [0.1, 0.15) is 30.4 Å². The number of nitrogens with zero attached hydrogens (tertiary/aromatic N) is 1. The van der Waals surface area contributed by atoms with E-state index in [1.807, 2.05) is 36.4 Å². The molecule has 0 amide bonds. The Kier molecular flexibility index (Phi) is 6.14. The van der Waals surface area contributed by atoms with Gasteiger partial charge in [-0.15, -0.1) is 17.0 Å². The average Bonchev–Trinajstić information content (AvgIpc) is 3.28. The van der Waals surface area contributed by atoms with Gasteiger partial charge in [0.1, 0.15) is 5.60 Å². The van der Waals surface area contributed by atoms with E-state index in [2.05, 4.69) is 29.2 Å². The summed E-state index contributed by atoms with van der Waals surface area (Å²) in [4.78, 5) is 2.54. The van der Waals surface area contributed by atoms with Crippen molar-refractivity contribution < 1.29 is 14.6 Å². The molecule has 1 atom stereocenters. The highest BCUT2D eigenvalue weighted by Crippen LogP contribution is 2.59. The molecule has 5 heteroatoms. The first-order valence-corrected chi connectivity index (χ1v) is 10.5. The van der Waals surface area contributed by atoms with E-state index >= 15 is 0 Å². The van der Waals surface area contributed by atoms with Gasteiger partial charge in [0.15, 0.2) is 6.29 Å². The topological polar surface area (TPSA) is 41.9 Å². The molecule has 4 fully saturated rings. The van der Waals surface area contributed by atoms with Crippen LogP contribution >= 0.6 is 17.0 Å². The average molecular weight is 460 g/mol. The number of rotatable bonds is 5. The number of halogens is 1. The molecule has 4 nitrogen and oxygen atoms in total. The van der Waals surface area contributed by atoms with Gasteiger partial charge in [0.2, 0.25) is 0 Å². The molecule has 2 bridgehead atoms. The molecule has 0 radical (unpaired) electrons. The quantitative estimate of drug-likeness (QED) is 0.733. The van der Waals surface area contributed by atoms with Crippen molar-refractivity contribution in [1.82, 2.24) is 4.90 Å². The highest BCUT2D eigenvalue weighted by molar-refractivity contribution is 8.93. The van der Waals surface area contributed by atoms with E-state index < -0.39 is 5.60 Å². The van der Waals surface area contributed by atoms with Crippen molar-refractivity contribution in [3.63, 3.8) is 0 Å². The smallest absolute Gasteiger partial charge is 0.158 e. The monoisotopic (exact) mass is 459 g/mol. The summed E-state index contributed by atoms with van der Waals surface area (Å²) >= 11 is 0. The Bertz CT molecular complexity index is 747. The Morgan fingerprint density at radius 3 is 1.93 bits per heavy atom. The Morgan fingerprint density at radius 1 is 0.897 bits per heavy atom. The fraction of sp³-hybridized carbons (Fsp3) is 0.500. The van der Waals surface area contributed by atoms with Gasteiger partial charge in [0.05, 0.1) is 13.2 Å². The number of piperidine rings is 3. The summed E-state index contributed by atoms with van der Waals surface area (Å²) in [6.45, 7) is 4.45. The summed E-state index contributed by atoms with van der Waals surface area (Å²) in [6, 6.07) is 20.5. The molecule has 1 N–H and O–H groups in total. The first kappa shape index (κ1) is 21.0. The number of benzene rings is 2. The minimum absolute atomic E-state index is 0. The molecule has 156 valence electrons. The second-order valence-corrected chi connectivity index (χ2v) is 8.50. The number of aliphatic hydroxyl groups is 1. The molecule has 0 aromatic heterocycles. The highest BCUT2D eigenvalue weighted by atomic mass is 79.9. The molecule has 0 saturated carbocycles. The third-order valence-corrected chi connectivity index (χ3v) is 7.28. The summed E-state index contributed by atoms with van der Waals surface area (Å²) < 4.78 is 11.6. The van der Waals surface area contributed by atoms with E-state index in [1.165, 1.54) is 0 Å². The van der Waals surface area contributed by atoms with Crippen LogP contribution in [0.25, 0.3) is 0 Å². The molecule has 6 rings (SSSR count). The number of ether oxygens (including phenoxy) is 2. The molecule has 4 aliphatic rings. The largest absolute Gasteiger partial charge is 0.380 e. The van der Waals surface area contributed by atoms with Crippen LogP contribution in [0, 0.1) is 11.3 Å². The van der Waals surface area contributed by atoms with Gasteiger partial charge >= 0.3 is 0 Å². The van der Waals surface area contributed by atoms with Crippen LogP contribution in [0.2, 0.25) is 0 Å². The molecule has 1 unspecified atom stereocenters. The molecule has 4 saturated heterocycles. The maximum Gasteiger partial charge on any atom is 0.158 e. The van der Waals surface area contributed by atoms with Crippen LogP contribution in [0.5, 0.6) is 0 Å². The Morgan fingerprint density at radius 2 is 1.41 bits per heavy atom. The lowest BCUT2D eigenvalue weighted by atomic mass is 9.52. The van der Waals surface area contributed by atoms with Crippen molar-refractivity contribution in [2.45, 2.75) is 31.2 Å². The predicted molar refractivity (Wildman–Crippen MR) is 118 cm³/mol. The van der Waals surface area contributed by atoms with Crippen molar-refractivity contribution >= 4 is 17.0 Å². The van der Waals surface area contributed by atoms with Gasteiger partial charge < -0.3 is 19.5 Å². The van der Waals surface area contributed by atoms with Crippen LogP contribution in [0.15, 0.2) is 60.7 Å². The molecule has 0 aliphatic carbocycles. The van der Waals surface area contributed by atoms with Crippen molar-refractivity contribution in [1.29, 1.82) is 0 Å². The van der Waals surface area contributed by atoms with Crippen molar-refractivity contribution in [3.8, 4) is 0 Å². The van der Waals surface area contributed by atoms with Gasteiger partial charge in [-0.1, -0.05) is 60.7 Å². The van der Waals surface area contributed by atoms with Crippen LogP contribution in [-0.2, 0) is 15.1 Å². The minimum atomic E-state index is -1.02. The molecular weight excluding hydrogens is 430 g/mol. The lowest BCUT2D eigenvalue weighted by molar-refractivity contribution is -0.181. The number of hydrogen-bond donors (Lipinski definition) is 1. The standard InChI is InChI=1S/C24H29NO3.BrH/c26-24(19-7-3-1-4-8-19,20-9-5-2-6-10-20)23-11-13-25(14-12-23)18-21(23)17-22-27-15-16-28-22;/h1-10,21-22,26H,11-18H2;1H. The summed E-state index contributed by atoms with van der Waals surface area (Å²) in [7, 11) is 0. The molecular formula is C24H30BrNO3. The molecule has 29 heavy (non-hydrogen) atoms. The summed E-state index contributed by atoms with van der Waals surface area (Å²) in [6.07, 6.45) is 2.69. The third kappa shape index (κ3) is 3.47. The Balaban J connectivity index is 0.00000205. The Labute approximate surface area is 183 Å². The second-order valence-electron chi connectivity index (χ2n) is 8.50. The zero-order chi connectivity index (χ0) is 19.0. The van der Waals surface area contributed by atoms with Crippen molar-refractivity contribution in [3.05, 3.63) is 71.8 Å². The molecule has 2 aromatic rings. The van der Waals surface area contributed by atoms with Crippen molar-refractivity contribution in [2.24, 2.45) is 11.3 Å². The van der Waals surface area contributed by atoms with Gasteiger partial charge in [0, 0.05) is 18.4 Å². The van der Waals surface area contributed by atoms with Crippen LogP contribution in [0.4, 0.5) is 0 Å². The van der Waals surface area contributed by atoms with E-state index in [9.17, 15) is 5.11 Å². The zero-order valence-corrected chi connectivity index (χ0v) is 18.4. The van der Waals surface area contributed by atoms with E-state index in [1.54, 1.807) is 0 Å². The van der Waals surface area contributed by atoms with Crippen LogP contribution < -0.4 is 0 Å². The first-order valence-electron chi connectivity index (χ1n) is 10.5. The molecule has 2 aromatic carbocycles. The van der Waals surface area contributed by atoms with E-state index in [4.69, 9.17) is 9.47 Å². The highest BCUT2D eigenvalue weighted by Gasteiger charge is 2.60. The first-order chi connectivity index (χ1) is 13.7. The van der Waals surface area contributed by atoms with Crippen LogP contribution in [-0.4, -0.2) is 49.1 Å². The Hall–Kier alpha value is -1.24. The SMILES string of the molecule is Br.OC(c1ccccc1)(c1ccccc1)C12CCN(CC1)CC2CC1OCCO1. The summed E-state index contributed by atoms with van der Waals surface area (Å²) in [5.41, 5.74) is 0.745. The van der Waals surface area contributed by atoms with Crippen molar-refractivity contribution in [2.75, 3.05) is 32.8 Å². The van der Waals surface area contributed by atoms with Gasteiger partial charge in [-0.2, -0.15) is 0 Å². The minimum Gasteiger partial charge on any atom is -0.380 e.